The van der Waals surface area contributed by atoms with Gasteiger partial charge in [0.05, 0.1) is 12.8 Å². The van der Waals surface area contributed by atoms with Crippen LogP contribution in [0.4, 0.5) is 0 Å². The SMILES string of the molecule is COc1ccccc1C1=NN(C)CC1C. The zero-order valence-electron chi connectivity index (χ0n) is 9.40. The number of nitrogens with zero attached hydrogens (tertiary/aromatic N) is 2. The molecule has 0 aromatic heterocycles. The summed E-state index contributed by atoms with van der Waals surface area (Å²) >= 11 is 0. The first-order chi connectivity index (χ1) is 7.22. The van der Waals surface area contributed by atoms with Crippen molar-refractivity contribution in [2.24, 2.45) is 11.0 Å². The Balaban J connectivity index is 2.41. The molecule has 0 N–H and O–H groups in total. The molecule has 0 saturated carbocycles. The first-order valence-electron chi connectivity index (χ1n) is 5.15. The maximum absolute atomic E-state index is 5.34. The number of benzene rings is 1. The van der Waals surface area contributed by atoms with Gasteiger partial charge in [-0.2, -0.15) is 5.10 Å². The molecule has 1 heterocycles. The van der Waals surface area contributed by atoms with Gasteiger partial charge in [0.25, 0.3) is 0 Å². The van der Waals surface area contributed by atoms with E-state index in [2.05, 4.69) is 18.1 Å². The van der Waals surface area contributed by atoms with Crippen molar-refractivity contribution in [2.45, 2.75) is 6.92 Å². The molecule has 15 heavy (non-hydrogen) atoms. The van der Waals surface area contributed by atoms with Crippen LogP contribution in [0.2, 0.25) is 0 Å². The van der Waals surface area contributed by atoms with Crippen molar-refractivity contribution in [3.8, 4) is 5.75 Å². The van der Waals surface area contributed by atoms with E-state index in [9.17, 15) is 0 Å². The van der Waals surface area contributed by atoms with E-state index in [0.717, 1.165) is 23.6 Å². The van der Waals surface area contributed by atoms with Crippen LogP contribution in [0, 0.1) is 5.92 Å². The van der Waals surface area contributed by atoms with Gasteiger partial charge in [0, 0.05) is 25.1 Å². The van der Waals surface area contributed by atoms with Crippen LogP contribution in [-0.2, 0) is 0 Å². The number of hydrazone groups is 1. The zero-order chi connectivity index (χ0) is 10.8. The highest BCUT2D eigenvalue weighted by molar-refractivity contribution is 6.05. The van der Waals surface area contributed by atoms with Crippen LogP contribution < -0.4 is 4.74 Å². The Kier molecular flexibility index (Phi) is 2.62. The van der Waals surface area contributed by atoms with E-state index in [1.807, 2.05) is 30.3 Å². The third-order valence-electron chi connectivity index (χ3n) is 2.67. The number of hydrogen-bond donors (Lipinski definition) is 0. The Morgan fingerprint density at radius 1 is 1.40 bits per heavy atom. The van der Waals surface area contributed by atoms with Crippen LogP contribution in [0.25, 0.3) is 0 Å². The first-order valence-corrected chi connectivity index (χ1v) is 5.15. The Labute approximate surface area is 90.4 Å². The summed E-state index contributed by atoms with van der Waals surface area (Å²) in [7, 11) is 3.70. The molecular weight excluding hydrogens is 188 g/mol. The fourth-order valence-corrected chi connectivity index (χ4v) is 1.98. The zero-order valence-corrected chi connectivity index (χ0v) is 9.40. The maximum atomic E-state index is 5.34. The van der Waals surface area contributed by atoms with Crippen molar-refractivity contribution in [3.05, 3.63) is 29.8 Å². The van der Waals surface area contributed by atoms with Crippen LogP contribution in [-0.4, -0.2) is 31.4 Å². The molecule has 0 aliphatic carbocycles. The number of methoxy groups -OCH3 is 1. The average Bonchev–Trinajstić information content (AvgIpc) is 2.57. The van der Waals surface area contributed by atoms with Crippen LogP contribution in [0.15, 0.2) is 29.4 Å². The highest BCUT2D eigenvalue weighted by atomic mass is 16.5. The summed E-state index contributed by atoms with van der Waals surface area (Å²) in [6.45, 7) is 3.17. The molecule has 1 aliphatic heterocycles. The highest BCUT2D eigenvalue weighted by Gasteiger charge is 2.23. The minimum absolute atomic E-state index is 0.464. The molecule has 3 nitrogen and oxygen atoms in total. The molecule has 1 aromatic rings. The molecule has 0 amide bonds. The molecule has 0 fully saturated rings. The second kappa shape index (κ2) is 3.93. The lowest BCUT2D eigenvalue weighted by Crippen LogP contribution is -2.14. The van der Waals surface area contributed by atoms with Crippen molar-refractivity contribution >= 4 is 5.71 Å². The summed E-state index contributed by atoms with van der Waals surface area (Å²) in [6.07, 6.45) is 0. The van der Waals surface area contributed by atoms with E-state index >= 15 is 0 Å². The highest BCUT2D eigenvalue weighted by Crippen LogP contribution is 2.25. The summed E-state index contributed by atoms with van der Waals surface area (Å²) in [5, 5.41) is 6.50. The average molecular weight is 204 g/mol. The molecular formula is C12H16N2O. The van der Waals surface area contributed by atoms with Gasteiger partial charge < -0.3 is 4.74 Å². The van der Waals surface area contributed by atoms with E-state index in [-0.39, 0.29) is 0 Å². The molecule has 0 radical (unpaired) electrons. The summed E-state index contributed by atoms with van der Waals surface area (Å²) < 4.78 is 5.34. The lowest BCUT2D eigenvalue weighted by molar-refractivity contribution is 0.368. The first kappa shape index (κ1) is 10.0. The molecule has 1 atom stereocenters. The number of hydrogen-bond acceptors (Lipinski definition) is 3. The molecule has 1 aromatic carbocycles. The largest absolute Gasteiger partial charge is 0.496 e. The molecule has 0 saturated heterocycles. The lowest BCUT2D eigenvalue weighted by Gasteiger charge is -2.09. The molecule has 0 bridgehead atoms. The third kappa shape index (κ3) is 1.82. The van der Waals surface area contributed by atoms with Crippen molar-refractivity contribution in [2.75, 3.05) is 20.7 Å². The normalized spacial score (nSPS) is 20.3. The molecule has 80 valence electrons. The van der Waals surface area contributed by atoms with Gasteiger partial charge in [-0.15, -0.1) is 0 Å². The minimum Gasteiger partial charge on any atom is -0.496 e. The van der Waals surface area contributed by atoms with E-state index in [0.29, 0.717) is 5.92 Å². The van der Waals surface area contributed by atoms with Gasteiger partial charge in [0.2, 0.25) is 0 Å². The van der Waals surface area contributed by atoms with Gasteiger partial charge in [0.1, 0.15) is 5.75 Å². The number of ether oxygens (including phenoxy) is 1. The monoisotopic (exact) mass is 204 g/mol. The van der Waals surface area contributed by atoms with E-state index < -0.39 is 0 Å². The second-order valence-electron chi connectivity index (χ2n) is 3.93. The van der Waals surface area contributed by atoms with Crippen molar-refractivity contribution in [1.29, 1.82) is 0 Å². The van der Waals surface area contributed by atoms with E-state index in [1.54, 1.807) is 7.11 Å². The molecule has 1 unspecified atom stereocenters. The van der Waals surface area contributed by atoms with Gasteiger partial charge in [-0.05, 0) is 12.1 Å². The second-order valence-corrected chi connectivity index (χ2v) is 3.93. The smallest absolute Gasteiger partial charge is 0.127 e. The Bertz CT molecular complexity index is 387. The molecule has 3 heteroatoms. The quantitative estimate of drug-likeness (QED) is 0.736. The summed E-state index contributed by atoms with van der Waals surface area (Å²) in [5.74, 6) is 1.37. The van der Waals surface area contributed by atoms with Gasteiger partial charge in [-0.1, -0.05) is 19.1 Å². The molecule has 2 rings (SSSR count). The minimum atomic E-state index is 0.464. The predicted molar refractivity (Wildman–Crippen MR) is 61.3 cm³/mol. The Hall–Kier alpha value is -1.51. The van der Waals surface area contributed by atoms with Gasteiger partial charge >= 0.3 is 0 Å². The standard InChI is InChI=1S/C12H16N2O/c1-9-8-14(2)13-12(9)10-6-4-5-7-11(10)15-3/h4-7,9H,8H2,1-3H3. The molecule has 0 spiro atoms. The van der Waals surface area contributed by atoms with Crippen LogP contribution in [0.5, 0.6) is 5.75 Å². The van der Waals surface area contributed by atoms with Gasteiger partial charge in [-0.25, -0.2) is 0 Å². The van der Waals surface area contributed by atoms with Crippen LogP contribution in [0.1, 0.15) is 12.5 Å². The maximum Gasteiger partial charge on any atom is 0.127 e. The fourth-order valence-electron chi connectivity index (χ4n) is 1.98. The van der Waals surface area contributed by atoms with Crippen molar-refractivity contribution in [3.63, 3.8) is 0 Å². The fraction of sp³-hybridized carbons (Fsp3) is 0.417. The van der Waals surface area contributed by atoms with Gasteiger partial charge in [-0.3, -0.25) is 5.01 Å². The van der Waals surface area contributed by atoms with E-state index in [4.69, 9.17) is 4.74 Å². The van der Waals surface area contributed by atoms with Crippen LogP contribution in [0.3, 0.4) is 0 Å². The van der Waals surface area contributed by atoms with Crippen LogP contribution >= 0.6 is 0 Å². The summed E-state index contributed by atoms with van der Waals surface area (Å²) in [5.41, 5.74) is 2.23. The van der Waals surface area contributed by atoms with Crippen molar-refractivity contribution < 1.29 is 4.74 Å². The Morgan fingerprint density at radius 2 is 2.13 bits per heavy atom. The third-order valence-corrected chi connectivity index (χ3v) is 2.67. The predicted octanol–water partition coefficient (Wildman–Crippen LogP) is 1.98. The van der Waals surface area contributed by atoms with Gasteiger partial charge in [0.15, 0.2) is 0 Å². The number of rotatable bonds is 2. The van der Waals surface area contributed by atoms with Crippen molar-refractivity contribution in [1.82, 2.24) is 5.01 Å². The lowest BCUT2D eigenvalue weighted by atomic mass is 9.99. The molecule has 1 aliphatic rings. The number of para-hydroxylation sites is 1. The topological polar surface area (TPSA) is 24.8 Å². The Morgan fingerprint density at radius 3 is 2.73 bits per heavy atom. The van der Waals surface area contributed by atoms with E-state index in [1.165, 1.54) is 0 Å². The summed E-state index contributed by atoms with van der Waals surface area (Å²) in [6, 6.07) is 8.04. The summed E-state index contributed by atoms with van der Waals surface area (Å²) in [4.78, 5) is 0.